The third-order valence-corrected chi connectivity index (χ3v) is 4.03. The first-order valence-corrected chi connectivity index (χ1v) is 6.76. The Bertz CT molecular complexity index is 541. The van der Waals surface area contributed by atoms with E-state index < -0.39 is 18.0 Å². The number of carboxylic acid groups (broad SMARTS) is 2. The Balaban J connectivity index is 2.23. The Morgan fingerprint density at radius 1 is 1.25 bits per heavy atom. The number of aliphatic carboxylic acids is 1. The fourth-order valence-corrected chi connectivity index (χ4v) is 2.73. The van der Waals surface area contributed by atoms with Crippen molar-refractivity contribution in [1.82, 2.24) is 4.90 Å². The number of nitrogens with zero attached hydrogens (tertiary/aromatic N) is 1. The zero-order valence-corrected chi connectivity index (χ0v) is 11.7. The van der Waals surface area contributed by atoms with Crippen LogP contribution in [0, 0.1) is 5.92 Å². The standard InChI is InChI=1S/C15H19NO4/c1-3-9(2)13(15(19)20)16-7-11-5-4-10(14(17)18)6-12(11)8-16/h4-6,9,13H,3,7-8H2,1-2H3,(H,17,18)(H,19,20). The van der Waals surface area contributed by atoms with E-state index >= 15 is 0 Å². The molecule has 5 nitrogen and oxygen atoms in total. The Kier molecular flexibility index (Phi) is 4.09. The number of carbonyl (C=O) groups is 2. The largest absolute Gasteiger partial charge is 0.480 e. The van der Waals surface area contributed by atoms with Crippen molar-refractivity contribution in [3.8, 4) is 0 Å². The Labute approximate surface area is 117 Å². The minimum atomic E-state index is -0.956. The molecule has 0 aromatic heterocycles. The van der Waals surface area contributed by atoms with Crippen LogP contribution in [-0.4, -0.2) is 33.1 Å². The van der Waals surface area contributed by atoms with Gasteiger partial charge in [0.2, 0.25) is 0 Å². The molecule has 2 unspecified atom stereocenters. The molecular formula is C15H19NO4. The van der Waals surface area contributed by atoms with Gasteiger partial charge in [-0.15, -0.1) is 0 Å². The highest BCUT2D eigenvalue weighted by Gasteiger charge is 2.34. The molecule has 108 valence electrons. The molecule has 0 fully saturated rings. The molecule has 1 aromatic rings. The lowest BCUT2D eigenvalue weighted by Gasteiger charge is -2.28. The van der Waals surface area contributed by atoms with Crippen molar-refractivity contribution in [2.24, 2.45) is 5.92 Å². The molecule has 0 saturated heterocycles. The Hall–Kier alpha value is -1.88. The van der Waals surface area contributed by atoms with E-state index in [1.807, 2.05) is 18.7 Å². The number of fused-ring (bicyclic) bond motifs is 1. The van der Waals surface area contributed by atoms with E-state index in [9.17, 15) is 14.7 Å². The summed E-state index contributed by atoms with van der Waals surface area (Å²) < 4.78 is 0. The van der Waals surface area contributed by atoms with Gasteiger partial charge in [-0.2, -0.15) is 0 Å². The predicted octanol–water partition coefficient (Wildman–Crippen LogP) is 2.20. The molecule has 1 heterocycles. The summed E-state index contributed by atoms with van der Waals surface area (Å²) in [7, 11) is 0. The van der Waals surface area contributed by atoms with Crippen molar-refractivity contribution >= 4 is 11.9 Å². The second-order valence-electron chi connectivity index (χ2n) is 5.36. The molecule has 0 amide bonds. The second-order valence-corrected chi connectivity index (χ2v) is 5.36. The first-order valence-electron chi connectivity index (χ1n) is 6.76. The summed E-state index contributed by atoms with van der Waals surface area (Å²) in [6.07, 6.45) is 0.796. The van der Waals surface area contributed by atoms with Crippen LogP contribution in [0.25, 0.3) is 0 Å². The van der Waals surface area contributed by atoms with Crippen molar-refractivity contribution in [3.63, 3.8) is 0 Å². The topological polar surface area (TPSA) is 77.8 Å². The summed E-state index contributed by atoms with van der Waals surface area (Å²) in [6, 6.07) is 4.48. The fourth-order valence-electron chi connectivity index (χ4n) is 2.73. The van der Waals surface area contributed by atoms with Gasteiger partial charge in [-0.25, -0.2) is 4.79 Å². The third kappa shape index (κ3) is 2.67. The van der Waals surface area contributed by atoms with E-state index in [1.165, 1.54) is 0 Å². The maximum atomic E-state index is 11.5. The molecule has 20 heavy (non-hydrogen) atoms. The van der Waals surface area contributed by atoms with Crippen LogP contribution in [0.15, 0.2) is 18.2 Å². The summed E-state index contributed by atoms with van der Waals surface area (Å²) >= 11 is 0. The zero-order valence-electron chi connectivity index (χ0n) is 11.7. The lowest BCUT2D eigenvalue weighted by atomic mass is 9.98. The number of benzene rings is 1. The molecule has 0 saturated carbocycles. The molecule has 5 heteroatoms. The van der Waals surface area contributed by atoms with Gasteiger partial charge in [-0.3, -0.25) is 9.69 Å². The molecule has 2 N–H and O–H groups in total. The van der Waals surface area contributed by atoms with Crippen molar-refractivity contribution in [2.45, 2.75) is 39.4 Å². The Morgan fingerprint density at radius 3 is 2.45 bits per heavy atom. The quantitative estimate of drug-likeness (QED) is 0.862. The molecule has 0 bridgehead atoms. The number of hydrogen-bond donors (Lipinski definition) is 2. The summed E-state index contributed by atoms with van der Waals surface area (Å²) in [5.41, 5.74) is 2.19. The minimum absolute atomic E-state index is 0.0563. The maximum Gasteiger partial charge on any atom is 0.335 e. The highest BCUT2D eigenvalue weighted by molar-refractivity contribution is 5.88. The highest BCUT2D eigenvalue weighted by atomic mass is 16.4. The van der Waals surface area contributed by atoms with Gasteiger partial charge >= 0.3 is 11.9 Å². The van der Waals surface area contributed by atoms with Gasteiger partial charge < -0.3 is 10.2 Å². The van der Waals surface area contributed by atoms with E-state index in [2.05, 4.69) is 0 Å². The molecule has 1 aromatic carbocycles. The van der Waals surface area contributed by atoms with Gasteiger partial charge in [0.15, 0.2) is 0 Å². The van der Waals surface area contributed by atoms with Crippen LogP contribution in [0.5, 0.6) is 0 Å². The number of carboxylic acids is 2. The van der Waals surface area contributed by atoms with E-state index in [0.717, 1.165) is 17.5 Å². The minimum Gasteiger partial charge on any atom is -0.480 e. The molecule has 0 radical (unpaired) electrons. The van der Waals surface area contributed by atoms with Crippen LogP contribution >= 0.6 is 0 Å². The molecule has 2 rings (SSSR count). The first-order chi connectivity index (χ1) is 9.43. The average molecular weight is 277 g/mol. The van der Waals surface area contributed by atoms with Gasteiger partial charge in [0.05, 0.1) is 5.56 Å². The number of aromatic carboxylic acids is 1. The van der Waals surface area contributed by atoms with Crippen molar-refractivity contribution in [3.05, 3.63) is 34.9 Å². The maximum absolute atomic E-state index is 11.5. The highest BCUT2D eigenvalue weighted by Crippen LogP contribution is 2.28. The lowest BCUT2D eigenvalue weighted by molar-refractivity contribution is -0.145. The van der Waals surface area contributed by atoms with Crippen LogP contribution < -0.4 is 0 Å². The van der Waals surface area contributed by atoms with E-state index in [-0.39, 0.29) is 11.5 Å². The fraction of sp³-hybridized carbons (Fsp3) is 0.467. The molecule has 1 aliphatic rings. The second kappa shape index (κ2) is 5.63. The molecule has 0 spiro atoms. The van der Waals surface area contributed by atoms with Crippen LogP contribution in [0.3, 0.4) is 0 Å². The first kappa shape index (κ1) is 14.5. The van der Waals surface area contributed by atoms with Crippen LogP contribution in [0.2, 0.25) is 0 Å². The van der Waals surface area contributed by atoms with Crippen LogP contribution in [-0.2, 0) is 17.9 Å². The average Bonchev–Trinajstić information content (AvgIpc) is 2.79. The van der Waals surface area contributed by atoms with Crippen LogP contribution in [0.1, 0.15) is 41.8 Å². The predicted molar refractivity (Wildman–Crippen MR) is 73.5 cm³/mol. The SMILES string of the molecule is CCC(C)C(C(=O)O)N1Cc2ccc(C(=O)O)cc2C1. The zero-order chi connectivity index (χ0) is 14.9. The van der Waals surface area contributed by atoms with Gasteiger partial charge in [0.25, 0.3) is 0 Å². The number of hydrogen-bond acceptors (Lipinski definition) is 3. The van der Waals surface area contributed by atoms with E-state index in [1.54, 1.807) is 18.2 Å². The van der Waals surface area contributed by atoms with Gasteiger partial charge in [0, 0.05) is 13.1 Å². The summed E-state index contributed by atoms with van der Waals surface area (Å²) in [4.78, 5) is 24.4. The van der Waals surface area contributed by atoms with Crippen molar-refractivity contribution in [1.29, 1.82) is 0 Å². The van der Waals surface area contributed by atoms with Gasteiger partial charge in [-0.1, -0.05) is 26.3 Å². The summed E-state index contributed by atoms with van der Waals surface area (Å²) in [5.74, 6) is -1.71. The molecule has 1 aliphatic heterocycles. The molecule has 2 atom stereocenters. The Morgan fingerprint density at radius 2 is 1.90 bits per heavy atom. The van der Waals surface area contributed by atoms with Crippen LogP contribution in [0.4, 0.5) is 0 Å². The van der Waals surface area contributed by atoms with Gasteiger partial charge in [0.1, 0.15) is 6.04 Å². The third-order valence-electron chi connectivity index (χ3n) is 4.03. The molecule has 0 aliphatic carbocycles. The lowest BCUT2D eigenvalue weighted by Crippen LogP contribution is -2.42. The summed E-state index contributed by atoms with van der Waals surface area (Å²) in [5, 5.41) is 18.4. The molecular weight excluding hydrogens is 258 g/mol. The summed E-state index contributed by atoms with van der Waals surface area (Å²) in [6.45, 7) is 4.98. The van der Waals surface area contributed by atoms with E-state index in [0.29, 0.717) is 13.1 Å². The normalized spacial score (nSPS) is 17.5. The number of rotatable bonds is 5. The van der Waals surface area contributed by atoms with E-state index in [4.69, 9.17) is 5.11 Å². The van der Waals surface area contributed by atoms with Crippen molar-refractivity contribution in [2.75, 3.05) is 0 Å². The van der Waals surface area contributed by atoms with Gasteiger partial charge in [-0.05, 0) is 29.2 Å². The monoisotopic (exact) mass is 277 g/mol. The smallest absolute Gasteiger partial charge is 0.335 e. The van der Waals surface area contributed by atoms with Crippen molar-refractivity contribution < 1.29 is 19.8 Å².